The van der Waals surface area contributed by atoms with Crippen LogP contribution in [-0.4, -0.2) is 49.0 Å². The van der Waals surface area contributed by atoms with Gasteiger partial charge in [0.15, 0.2) is 6.04 Å². The summed E-state index contributed by atoms with van der Waals surface area (Å²) < 4.78 is 74.0. The summed E-state index contributed by atoms with van der Waals surface area (Å²) in [4.78, 5) is 26.0. The van der Waals surface area contributed by atoms with Crippen LogP contribution in [0.25, 0.3) is 0 Å². The number of thiol groups is 1. The summed E-state index contributed by atoms with van der Waals surface area (Å²) in [5, 5.41) is 0.809. The number of carbonyl (C=O) groups is 2. The first-order chi connectivity index (χ1) is 13.0. The van der Waals surface area contributed by atoms with Gasteiger partial charge >= 0.3 is 27.6 Å². The molecule has 2 atom stereocenters. The Bertz CT molecular complexity index is 922. The van der Waals surface area contributed by atoms with Gasteiger partial charge in [-0.2, -0.15) is 26.7 Å². The van der Waals surface area contributed by atoms with Crippen molar-refractivity contribution in [3.8, 4) is 5.75 Å². The predicted molar refractivity (Wildman–Crippen MR) is 88.2 cm³/mol. The van der Waals surface area contributed by atoms with Gasteiger partial charge in [-0.05, 0) is 30.2 Å². The Morgan fingerprint density at radius 2 is 2.00 bits per heavy atom. The minimum absolute atomic E-state index is 0.0356. The monoisotopic (exact) mass is 442 g/mol. The first kappa shape index (κ1) is 20.5. The van der Waals surface area contributed by atoms with Crippen LogP contribution in [0, 0.1) is 0 Å². The highest BCUT2D eigenvalue weighted by Gasteiger charge is 2.52. The molecule has 14 heteroatoms. The van der Waals surface area contributed by atoms with E-state index in [-0.39, 0.29) is 24.3 Å². The number of hydrogen-bond donors (Lipinski definition) is 1. The lowest BCUT2D eigenvalue weighted by Crippen LogP contribution is -2.39. The molecule has 2 heterocycles. The van der Waals surface area contributed by atoms with Crippen LogP contribution in [-0.2, 0) is 23.9 Å². The molecule has 0 N–H and O–H groups in total. The second kappa shape index (κ2) is 7.00. The highest BCUT2D eigenvalue weighted by molar-refractivity contribution is 7.88. The standard InChI is InChI=1S/C14H13F3N2O7S2/c1-2-24-12(20)11-8-4-3-7(25-28(22,23)14(15,16)17)5-9(8)10-6-18(11)13(21)19(10)26-27/h3-5,10-11,27H,2,6H2,1H3. The fourth-order valence-electron chi connectivity index (χ4n) is 3.09. The molecule has 2 aliphatic heterocycles. The molecule has 2 bridgehead atoms. The number of ether oxygens (including phenoxy) is 1. The third kappa shape index (κ3) is 3.24. The van der Waals surface area contributed by atoms with Gasteiger partial charge in [-0.15, -0.1) is 0 Å². The maximum absolute atomic E-state index is 12.6. The van der Waals surface area contributed by atoms with Gasteiger partial charge < -0.3 is 13.8 Å². The van der Waals surface area contributed by atoms with Gasteiger partial charge in [0.2, 0.25) is 0 Å². The highest BCUT2D eigenvalue weighted by Crippen LogP contribution is 2.46. The number of nitrogens with zero attached hydrogens (tertiary/aromatic N) is 2. The van der Waals surface area contributed by atoms with Crippen molar-refractivity contribution in [2.75, 3.05) is 13.2 Å². The molecule has 0 radical (unpaired) electrons. The number of rotatable bonds is 5. The highest BCUT2D eigenvalue weighted by atomic mass is 32.2. The molecule has 2 amide bonds. The predicted octanol–water partition coefficient (Wildman–Crippen LogP) is 2.09. The normalized spacial score (nSPS) is 21.5. The fourth-order valence-corrected chi connectivity index (χ4v) is 3.73. The van der Waals surface area contributed by atoms with E-state index in [1.165, 1.54) is 6.07 Å². The molecule has 3 rings (SSSR count). The van der Waals surface area contributed by atoms with Crippen LogP contribution < -0.4 is 4.18 Å². The van der Waals surface area contributed by atoms with E-state index < -0.39 is 45.5 Å². The second-order valence-corrected chi connectivity index (χ2v) is 7.49. The van der Waals surface area contributed by atoms with Crippen LogP contribution in [0.1, 0.15) is 30.1 Å². The summed E-state index contributed by atoms with van der Waals surface area (Å²) in [7, 11) is -5.89. The van der Waals surface area contributed by atoms with Gasteiger partial charge in [-0.1, -0.05) is 6.07 Å². The molecule has 2 unspecified atom stereocenters. The molecular formula is C14H13F3N2O7S2. The van der Waals surface area contributed by atoms with Crippen molar-refractivity contribution in [1.29, 1.82) is 0 Å². The summed E-state index contributed by atoms with van der Waals surface area (Å²) in [6.45, 7) is 1.55. The lowest BCUT2D eigenvalue weighted by atomic mass is 9.91. The van der Waals surface area contributed by atoms with E-state index in [9.17, 15) is 31.2 Å². The average molecular weight is 442 g/mol. The zero-order chi connectivity index (χ0) is 20.9. The number of urea groups is 1. The van der Waals surface area contributed by atoms with Gasteiger partial charge in [0.05, 0.1) is 13.2 Å². The summed E-state index contributed by atoms with van der Waals surface area (Å²) in [5.41, 5.74) is -5.20. The Labute approximate surface area is 162 Å². The molecule has 0 aromatic heterocycles. The molecule has 1 aromatic rings. The number of amides is 2. The zero-order valence-corrected chi connectivity index (χ0v) is 15.8. The van der Waals surface area contributed by atoms with Crippen LogP contribution in [0.15, 0.2) is 18.2 Å². The van der Waals surface area contributed by atoms with Crippen molar-refractivity contribution < 1.29 is 44.4 Å². The zero-order valence-electron chi connectivity index (χ0n) is 14.0. The number of hydroxylamine groups is 2. The molecule has 1 aromatic carbocycles. The second-order valence-electron chi connectivity index (χ2n) is 5.79. The van der Waals surface area contributed by atoms with E-state index in [0.717, 1.165) is 22.1 Å². The van der Waals surface area contributed by atoms with Gasteiger partial charge in [0, 0.05) is 12.9 Å². The van der Waals surface area contributed by atoms with Gasteiger partial charge in [-0.3, -0.25) is 0 Å². The summed E-state index contributed by atoms with van der Waals surface area (Å²) in [5.74, 6) is -1.39. The lowest BCUT2D eigenvalue weighted by Gasteiger charge is -2.31. The molecule has 154 valence electrons. The summed E-state index contributed by atoms with van der Waals surface area (Å²) >= 11 is 3.59. The van der Waals surface area contributed by atoms with Crippen molar-refractivity contribution in [2.45, 2.75) is 24.5 Å². The van der Waals surface area contributed by atoms with Crippen molar-refractivity contribution in [2.24, 2.45) is 0 Å². The lowest BCUT2D eigenvalue weighted by molar-refractivity contribution is -0.148. The van der Waals surface area contributed by atoms with Crippen molar-refractivity contribution in [3.05, 3.63) is 29.3 Å². The Kier molecular flexibility index (Phi) is 5.14. The van der Waals surface area contributed by atoms with Crippen LogP contribution in [0.3, 0.4) is 0 Å². The molecule has 0 aliphatic carbocycles. The van der Waals surface area contributed by atoms with Gasteiger partial charge in [-0.25, -0.2) is 13.9 Å². The summed E-state index contributed by atoms with van der Waals surface area (Å²) in [6.07, 6.45) is 0. The van der Waals surface area contributed by atoms with E-state index in [1.807, 2.05) is 0 Å². The molecular weight excluding hydrogens is 429 g/mol. The van der Waals surface area contributed by atoms with E-state index >= 15 is 0 Å². The number of esters is 1. The summed E-state index contributed by atoms with van der Waals surface area (Å²) in [6, 6.07) is 0.428. The quantitative estimate of drug-likeness (QED) is 0.245. The van der Waals surface area contributed by atoms with E-state index in [0.29, 0.717) is 0 Å². The minimum Gasteiger partial charge on any atom is -0.464 e. The molecule has 28 heavy (non-hydrogen) atoms. The Balaban J connectivity index is 2.06. The number of alkyl halides is 3. The largest absolute Gasteiger partial charge is 0.534 e. The van der Waals surface area contributed by atoms with Crippen LogP contribution in [0.4, 0.5) is 18.0 Å². The van der Waals surface area contributed by atoms with Crippen molar-refractivity contribution in [3.63, 3.8) is 0 Å². The molecule has 0 saturated carbocycles. The van der Waals surface area contributed by atoms with E-state index in [4.69, 9.17) is 9.02 Å². The van der Waals surface area contributed by atoms with Gasteiger partial charge in [0.1, 0.15) is 11.8 Å². The third-order valence-corrected chi connectivity index (χ3v) is 5.35. The number of benzene rings is 1. The maximum Gasteiger partial charge on any atom is 0.534 e. The Morgan fingerprint density at radius 1 is 1.32 bits per heavy atom. The van der Waals surface area contributed by atoms with Crippen LogP contribution in [0.5, 0.6) is 5.75 Å². The first-order valence-corrected chi connectivity index (χ1v) is 9.51. The average Bonchev–Trinajstić information content (AvgIpc) is 2.87. The third-order valence-electron chi connectivity index (χ3n) is 4.20. The SMILES string of the molecule is CCOC(=O)C1c2ccc(OS(=O)(=O)C(F)(F)F)cc2C2CN1C(=O)N2OS. The molecule has 2 aliphatic rings. The number of hydrogen-bond acceptors (Lipinski definition) is 8. The smallest absolute Gasteiger partial charge is 0.464 e. The number of carbonyl (C=O) groups excluding carboxylic acids is 2. The Hall–Kier alpha value is -2.19. The number of fused-ring (bicyclic) bond motifs is 4. The minimum atomic E-state index is -5.89. The van der Waals surface area contributed by atoms with Crippen LogP contribution in [0.2, 0.25) is 0 Å². The Morgan fingerprint density at radius 3 is 2.57 bits per heavy atom. The van der Waals surface area contributed by atoms with Gasteiger partial charge in [0.25, 0.3) is 0 Å². The first-order valence-electron chi connectivity index (χ1n) is 7.74. The molecule has 1 fully saturated rings. The van der Waals surface area contributed by atoms with E-state index in [2.05, 4.69) is 17.1 Å². The topological polar surface area (TPSA) is 102 Å². The number of halogens is 3. The molecule has 1 saturated heterocycles. The van der Waals surface area contributed by atoms with Crippen molar-refractivity contribution in [1.82, 2.24) is 9.96 Å². The fraction of sp³-hybridized carbons (Fsp3) is 0.429. The van der Waals surface area contributed by atoms with Crippen molar-refractivity contribution >= 4 is 35.0 Å². The maximum atomic E-state index is 12.6. The van der Waals surface area contributed by atoms with E-state index in [1.54, 1.807) is 6.92 Å². The van der Waals surface area contributed by atoms with Crippen LogP contribution >= 0.6 is 12.9 Å². The molecule has 9 nitrogen and oxygen atoms in total. The molecule has 0 spiro atoms.